The average Bonchev–Trinajstić information content (AvgIpc) is 2.15. The maximum absolute atomic E-state index is 2.26. The second-order valence-electron chi connectivity index (χ2n) is 3.46. The Balaban J connectivity index is 2.44. The van der Waals surface area contributed by atoms with Gasteiger partial charge in [-0.15, -0.1) is 0 Å². The lowest BCUT2D eigenvalue weighted by atomic mass is 10.1. The maximum atomic E-state index is 2.26. The summed E-state index contributed by atoms with van der Waals surface area (Å²) in [6.07, 6.45) is 8.23. The molecular weight excluding hydrogens is 156 g/mol. The molecule has 0 spiro atoms. The highest BCUT2D eigenvalue weighted by molar-refractivity contribution is 5.49. The lowest BCUT2D eigenvalue weighted by Crippen LogP contribution is -1.73. The van der Waals surface area contributed by atoms with E-state index in [1.807, 2.05) is 0 Å². The highest BCUT2D eigenvalue weighted by Crippen LogP contribution is 2.06. The van der Waals surface area contributed by atoms with Crippen LogP contribution in [-0.4, -0.2) is 0 Å². The summed E-state index contributed by atoms with van der Waals surface area (Å²) in [5, 5.41) is 0. The van der Waals surface area contributed by atoms with Gasteiger partial charge in [-0.3, -0.25) is 0 Å². The normalized spacial score (nSPS) is 10.9. The van der Waals surface area contributed by atoms with Crippen LogP contribution in [0.5, 0.6) is 0 Å². The minimum atomic E-state index is 1.20. The van der Waals surface area contributed by atoms with Gasteiger partial charge in [0, 0.05) is 0 Å². The second kappa shape index (κ2) is 5.58. The van der Waals surface area contributed by atoms with Crippen molar-refractivity contribution in [3.8, 4) is 0 Å². The van der Waals surface area contributed by atoms with E-state index in [0.717, 1.165) is 0 Å². The molecule has 1 rings (SSSR count). The standard InChI is InChI=1S/C13H18/c1-3-4-5-6-7-13-10-8-12(2)9-11-13/h6-11H,3-5H2,1-2H3/b7-6-. The molecule has 0 saturated heterocycles. The van der Waals surface area contributed by atoms with Crippen LogP contribution in [0.25, 0.3) is 6.08 Å². The molecule has 1 aromatic carbocycles. The Morgan fingerprint density at radius 3 is 2.46 bits per heavy atom. The van der Waals surface area contributed by atoms with Crippen LogP contribution in [0.4, 0.5) is 0 Å². The van der Waals surface area contributed by atoms with E-state index in [9.17, 15) is 0 Å². The molecule has 0 saturated carbocycles. The van der Waals surface area contributed by atoms with Gasteiger partial charge in [0.05, 0.1) is 0 Å². The Bertz CT molecular complexity index is 254. The third-order valence-corrected chi connectivity index (χ3v) is 2.11. The van der Waals surface area contributed by atoms with E-state index in [1.165, 1.54) is 30.4 Å². The summed E-state index contributed by atoms with van der Waals surface area (Å²) in [5.41, 5.74) is 2.63. The van der Waals surface area contributed by atoms with Crippen LogP contribution in [0.15, 0.2) is 30.3 Å². The number of hydrogen-bond acceptors (Lipinski definition) is 0. The molecule has 0 fully saturated rings. The van der Waals surface area contributed by atoms with Gasteiger partial charge in [0.25, 0.3) is 0 Å². The summed E-state index contributed by atoms with van der Waals surface area (Å²) >= 11 is 0. The van der Waals surface area contributed by atoms with Crippen LogP contribution >= 0.6 is 0 Å². The molecule has 0 aromatic heterocycles. The zero-order valence-corrected chi connectivity index (χ0v) is 8.59. The van der Waals surface area contributed by atoms with E-state index < -0.39 is 0 Å². The molecule has 0 heteroatoms. The first-order chi connectivity index (χ1) is 6.33. The average molecular weight is 174 g/mol. The minimum Gasteiger partial charge on any atom is -0.0839 e. The number of unbranched alkanes of at least 4 members (excludes halogenated alkanes) is 2. The molecule has 13 heavy (non-hydrogen) atoms. The Morgan fingerprint density at radius 1 is 1.15 bits per heavy atom. The van der Waals surface area contributed by atoms with Crippen LogP contribution in [0.1, 0.15) is 37.3 Å². The Hall–Kier alpha value is -1.04. The first-order valence-electron chi connectivity index (χ1n) is 5.06. The molecule has 0 N–H and O–H groups in total. The van der Waals surface area contributed by atoms with Crippen LogP contribution < -0.4 is 0 Å². The number of benzene rings is 1. The van der Waals surface area contributed by atoms with E-state index in [-0.39, 0.29) is 0 Å². The van der Waals surface area contributed by atoms with Gasteiger partial charge < -0.3 is 0 Å². The Kier molecular flexibility index (Phi) is 4.31. The summed E-state index contributed by atoms with van der Waals surface area (Å²) in [7, 11) is 0. The molecule has 0 heterocycles. The first kappa shape index (κ1) is 10.0. The second-order valence-corrected chi connectivity index (χ2v) is 3.46. The third kappa shape index (κ3) is 3.93. The first-order valence-corrected chi connectivity index (χ1v) is 5.06. The minimum absolute atomic E-state index is 1.20. The Morgan fingerprint density at radius 2 is 1.85 bits per heavy atom. The number of hydrogen-bond donors (Lipinski definition) is 0. The number of aryl methyl sites for hydroxylation is 1. The van der Waals surface area contributed by atoms with E-state index >= 15 is 0 Å². The molecule has 0 radical (unpaired) electrons. The summed E-state index contributed by atoms with van der Waals surface area (Å²) in [6, 6.07) is 8.63. The fourth-order valence-corrected chi connectivity index (χ4v) is 1.22. The van der Waals surface area contributed by atoms with Crippen LogP contribution in [0, 0.1) is 6.92 Å². The third-order valence-electron chi connectivity index (χ3n) is 2.11. The Labute approximate surface area is 81.3 Å². The smallest absolute Gasteiger partial charge is 0.0260 e. The van der Waals surface area contributed by atoms with E-state index in [1.54, 1.807) is 0 Å². The zero-order chi connectivity index (χ0) is 9.52. The van der Waals surface area contributed by atoms with Gasteiger partial charge in [-0.1, -0.05) is 61.7 Å². The van der Waals surface area contributed by atoms with Gasteiger partial charge in [0.2, 0.25) is 0 Å². The van der Waals surface area contributed by atoms with Gasteiger partial charge in [-0.05, 0) is 18.9 Å². The molecule has 0 atom stereocenters. The molecule has 70 valence electrons. The molecule has 0 aliphatic carbocycles. The van der Waals surface area contributed by atoms with Gasteiger partial charge in [-0.2, -0.15) is 0 Å². The van der Waals surface area contributed by atoms with Crippen molar-refractivity contribution < 1.29 is 0 Å². The molecule has 0 aliphatic rings. The zero-order valence-electron chi connectivity index (χ0n) is 8.59. The maximum Gasteiger partial charge on any atom is -0.0260 e. The molecule has 0 nitrogen and oxygen atoms in total. The van der Waals surface area contributed by atoms with Gasteiger partial charge >= 0.3 is 0 Å². The highest BCUT2D eigenvalue weighted by Gasteiger charge is 1.85. The summed E-state index contributed by atoms with van der Waals surface area (Å²) in [5.74, 6) is 0. The van der Waals surface area contributed by atoms with Crippen molar-refractivity contribution >= 4 is 6.08 Å². The van der Waals surface area contributed by atoms with Crippen LogP contribution in [0.3, 0.4) is 0 Å². The van der Waals surface area contributed by atoms with Crippen LogP contribution in [-0.2, 0) is 0 Å². The fourth-order valence-electron chi connectivity index (χ4n) is 1.22. The van der Waals surface area contributed by atoms with Crippen molar-refractivity contribution in [2.24, 2.45) is 0 Å². The van der Waals surface area contributed by atoms with Crippen molar-refractivity contribution in [2.45, 2.75) is 33.1 Å². The topological polar surface area (TPSA) is 0 Å². The van der Waals surface area contributed by atoms with Crippen molar-refractivity contribution in [3.05, 3.63) is 41.5 Å². The predicted octanol–water partition coefficient (Wildman–Crippen LogP) is 4.20. The molecule has 0 bridgehead atoms. The van der Waals surface area contributed by atoms with Gasteiger partial charge in [0.1, 0.15) is 0 Å². The molecule has 1 aromatic rings. The van der Waals surface area contributed by atoms with E-state index in [0.29, 0.717) is 0 Å². The number of allylic oxidation sites excluding steroid dienone is 1. The monoisotopic (exact) mass is 174 g/mol. The largest absolute Gasteiger partial charge is 0.0839 e. The predicted molar refractivity (Wildman–Crippen MR) is 59.7 cm³/mol. The van der Waals surface area contributed by atoms with Gasteiger partial charge in [-0.25, -0.2) is 0 Å². The molecule has 0 amide bonds. The summed E-state index contributed by atoms with van der Waals surface area (Å²) in [4.78, 5) is 0. The van der Waals surface area contributed by atoms with E-state index in [4.69, 9.17) is 0 Å². The quantitative estimate of drug-likeness (QED) is 0.600. The van der Waals surface area contributed by atoms with Gasteiger partial charge in [0.15, 0.2) is 0 Å². The summed E-state index contributed by atoms with van der Waals surface area (Å²) in [6.45, 7) is 4.34. The van der Waals surface area contributed by atoms with Crippen molar-refractivity contribution in [2.75, 3.05) is 0 Å². The molecular formula is C13H18. The van der Waals surface area contributed by atoms with Crippen molar-refractivity contribution in [1.82, 2.24) is 0 Å². The van der Waals surface area contributed by atoms with Crippen molar-refractivity contribution in [3.63, 3.8) is 0 Å². The van der Waals surface area contributed by atoms with Crippen molar-refractivity contribution in [1.29, 1.82) is 0 Å². The lowest BCUT2D eigenvalue weighted by Gasteiger charge is -1.94. The van der Waals surface area contributed by atoms with E-state index in [2.05, 4.69) is 50.3 Å². The number of rotatable bonds is 4. The molecule has 0 unspecified atom stereocenters. The SMILES string of the molecule is CCCC/C=C\c1ccc(C)cc1. The lowest BCUT2D eigenvalue weighted by molar-refractivity contribution is 0.816. The highest BCUT2D eigenvalue weighted by atomic mass is 13.9. The summed E-state index contributed by atoms with van der Waals surface area (Å²) < 4.78 is 0. The fraction of sp³-hybridized carbons (Fsp3) is 0.385. The van der Waals surface area contributed by atoms with Crippen LogP contribution in [0.2, 0.25) is 0 Å². The molecule has 0 aliphatic heterocycles.